The van der Waals surface area contributed by atoms with Gasteiger partial charge in [-0.15, -0.1) is 0 Å². The van der Waals surface area contributed by atoms with Crippen molar-refractivity contribution in [2.45, 2.75) is 25.4 Å². The first-order valence-corrected chi connectivity index (χ1v) is 9.76. The van der Waals surface area contributed by atoms with E-state index in [9.17, 15) is 22.4 Å². The Morgan fingerprint density at radius 3 is 2.53 bits per heavy atom. The number of hydrogen-bond acceptors (Lipinski definition) is 5. The first-order valence-electron chi connectivity index (χ1n) is 9.76. The van der Waals surface area contributed by atoms with Gasteiger partial charge in [0, 0.05) is 31.2 Å². The summed E-state index contributed by atoms with van der Waals surface area (Å²) in [4.78, 5) is 18.5. The number of halogens is 4. The Morgan fingerprint density at radius 1 is 1.16 bits per heavy atom. The number of anilines is 1. The van der Waals surface area contributed by atoms with Crippen LogP contribution < -0.4 is 16.0 Å². The van der Waals surface area contributed by atoms with Crippen LogP contribution in [0, 0.1) is 5.82 Å². The number of nitrogens with one attached hydrogen (secondary N) is 3. The van der Waals surface area contributed by atoms with E-state index in [4.69, 9.17) is 0 Å². The number of rotatable bonds is 7. The molecule has 1 heterocycles. The molecule has 0 bridgehead atoms. The van der Waals surface area contributed by atoms with E-state index in [0.717, 1.165) is 11.6 Å². The standard InChI is InChI=1S/C22H23F4N5O/c1-31(2)13-15-11-17(7-8-18(15)22(24,25)26)30-21(32)19-20(28-10-9-27-19)29-12-14-3-5-16(23)6-4-14/h3-11,20,28-29H,12-13H2,1-2H3,(H,30,32). The SMILES string of the molecule is CN(C)Cc1cc(NC(=O)C2=NC=CNC2NCc2ccc(F)cc2)ccc1C(F)(F)F. The zero-order valence-corrected chi connectivity index (χ0v) is 17.5. The molecule has 0 fully saturated rings. The molecule has 0 aromatic heterocycles. The summed E-state index contributed by atoms with van der Waals surface area (Å²) in [6.07, 6.45) is -2.16. The van der Waals surface area contributed by atoms with Crippen LogP contribution in [0.5, 0.6) is 0 Å². The van der Waals surface area contributed by atoms with Crippen molar-refractivity contribution in [1.29, 1.82) is 0 Å². The molecule has 6 nitrogen and oxygen atoms in total. The number of benzene rings is 2. The predicted octanol–water partition coefficient (Wildman–Crippen LogP) is 3.48. The first-order chi connectivity index (χ1) is 15.1. The molecule has 170 valence electrons. The smallest absolute Gasteiger partial charge is 0.369 e. The van der Waals surface area contributed by atoms with Crippen molar-refractivity contribution in [3.05, 3.63) is 77.4 Å². The third-order valence-electron chi connectivity index (χ3n) is 4.64. The predicted molar refractivity (Wildman–Crippen MR) is 114 cm³/mol. The fourth-order valence-corrected chi connectivity index (χ4v) is 3.19. The van der Waals surface area contributed by atoms with Crippen molar-refractivity contribution in [3.8, 4) is 0 Å². The summed E-state index contributed by atoms with van der Waals surface area (Å²) < 4.78 is 53.0. The summed E-state index contributed by atoms with van der Waals surface area (Å²) in [5, 5.41) is 8.70. The zero-order valence-electron chi connectivity index (χ0n) is 17.5. The van der Waals surface area contributed by atoms with Gasteiger partial charge in [0.2, 0.25) is 0 Å². The van der Waals surface area contributed by atoms with Crippen LogP contribution in [0.1, 0.15) is 16.7 Å². The van der Waals surface area contributed by atoms with E-state index >= 15 is 0 Å². The minimum atomic E-state index is -4.49. The van der Waals surface area contributed by atoms with Crippen LogP contribution in [0.2, 0.25) is 0 Å². The second-order valence-electron chi connectivity index (χ2n) is 7.50. The highest BCUT2D eigenvalue weighted by atomic mass is 19.4. The van der Waals surface area contributed by atoms with Gasteiger partial charge in [0.25, 0.3) is 5.91 Å². The molecule has 2 aromatic rings. The Balaban J connectivity index is 1.73. The van der Waals surface area contributed by atoms with Crippen LogP contribution in [0.15, 0.2) is 59.9 Å². The maximum absolute atomic E-state index is 13.3. The average molecular weight is 449 g/mol. The van der Waals surface area contributed by atoms with Crippen LogP contribution in [-0.4, -0.2) is 36.8 Å². The van der Waals surface area contributed by atoms with Gasteiger partial charge in [-0.25, -0.2) is 4.39 Å². The Labute approximate surface area is 183 Å². The number of amides is 1. The van der Waals surface area contributed by atoms with Crippen LogP contribution in [0.4, 0.5) is 23.2 Å². The largest absolute Gasteiger partial charge is 0.416 e. The molecule has 0 radical (unpaired) electrons. The van der Waals surface area contributed by atoms with Crippen LogP contribution in [-0.2, 0) is 24.1 Å². The fraction of sp³-hybridized carbons (Fsp3) is 0.273. The lowest BCUT2D eigenvalue weighted by atomic mass is 10.1. The molecule has 0 saturated heterocycles. The van der Waals surface area contributed by atoms with Crippen LogP contribution in [0.3, 0.4) is 0 Å². The van der Waals surface area contributed by atoms with E-state index in [2.05, 4.69) is 20.9 Å². The lowest BCUT2D eigenvalue weighted by Crippen LogP contribution is -2.51. The lowest BCUT2D eigenvalue weighted by molar-refractivity contribution is -0.138. The summed E-state index contributed by atoms with van der Waals surface area (Å²) in [5.74, 6) is -0.909. The third kappa shape index (κ3) is 6.14. The number of alkyl halides is 3. The zero-order chi connectivity index (χ0) is 23.3. The van der Waals surface area contributed by atoms with Crippen LogP contribution >= 0.6 is 0 Å². The van der Waals surface area contributed by atoms with Gasteiger partial charge in [-0.05, 0) is 55.6 Å². The fourth-order valence-electron chi connectivity index (χ4n) is 3.19. The van der Waals surface area contributed by atoms with E-state index in [1.54, 1.807) is 37.3 Å². The molecule has 0 aliphatic carbocycles. The average Bonchev–Trinajstić information content (AvgIpc) is 2.72. The van der Waals surface area contributed by atoms with Gasteiger partial charge in [-0.1, -0.05) is 12.1 Å². The van der Waals surface area contributed by atoms with E-state index < -0.39 is 23.8 Å². The summed E-state index contributed by atoms with van der Waals surface area (Å²) in [5.41, 5.74) is 0.453. The van der Waals surface area contributed by atoms with Gasteiger partial charge >= 0.3 is 6.18 Å². The Hall–Kier alpha value is -3.24. The van der Waals surface area contributed by atoms with Gasteiger partial charge in [0.1, 0.15) is 17.7 Å². The molecule has 2 aromatic carbocycles. The molecule has 0 spiro atoms. The second-order valence-corrected chi connectivity index (χ2v) is 7.50. The minimum absolute atomic E-state index is 0.0508. The molecule has 3 rings (SSSR count). The van der Waals surface area contributed by atoms with Gasteiger partial charge in [0.05, 0.1) is 5.56 Å². The number of hydrogen-bond donors (Lipinski definition) is 3. The molecule has 32 heavy (non-hydrogen) atoms. The van der Waals surface area contributed by atoms with Gasteiger partial charge < -0.3 is 15.5 Å². The quantitative estimate of drug-likeness (QED) is 0.567. The van der Waals surface area contributed by atoms with E-state index in [1.165, 1.54) is 30.5 Å². The maximum atomic E-state index is 13.3. The number of aliphatic imine (C=N–C) groups is 1. The highest BCUT2D eigenvalue weighted by molar-refractivity contribution is 6.45. The topological polar surface area (TPSA) is 68.8 Å². The molecular weight excluding hydrogens is 426 g/mol. The molecule has 1 aliphatic rings. The van der Waals surface area contributed by atoms with Crippen molar-refractivity contribution in [3.63, 3.8) is 0 Å². The summed E-state index contributed by atoms with van der Waals surface area (Å²) in [6.45, 7) is 0.400. The van der Waals surface area contributed by atoms with E-state index in [0.29, 0.717) is 6.54 Å². The summed E-state index contributed by atoms with van der Waals surface area (Å²) >= 11 is 0. The molecule has 1 unspecified atom stereocenters. The molecule has 0 saturated carbocycles. The molecule has 3 N–H and O–H groups in total. The van der Waals surface area contributed by atoms with Crippen molar-refractivity contribution >= 4 is 17.3 Å². The number of carbonyl (C=O) groups is 1. The van der Waals surface area contributed by atoms with Gasteiger partial charge in [-0.2, -0.15) is 13.2 Å². The molecule has 1 aliphatic heterocycles. The first kappa shape index (κ1) is 23.4. The summed E-state index contributed by atoms with van der Waals surface area (Å²) in [6, 6.07) is 9.39. The van der Waals surface area contributed by atoms with Crippen LogP contribution in [0.25, 0.3) is 0 Å². The van der Waals surface area contributed by atoms with E-state index in [-0.39, 0.29) is 29.3 Å². The Morgan fingerprint density at radius 2 is 1.88 bits per heavy atom. The van der Waals surface area contributed by atoms with Crippen molar-refractivity contribution in [1.82, 2.24) is 15.5 Å². The Bertz CT molecular complexity index is 1020. The molecular formula is C22H23F4N5O. The Kier molecular flexibility index (Phi) is 7.26. The molecule has 10 heteroatoms. The maximum Gasteiger partial charge on any atom is 0.416 e. The monoisotopic (exact) mass is 449 g/mol. The molecule has 1 amide bonds. The van der Waals surface area contributed by atoms with Crippen molar-refractivity contribution < 1.29 is 22.4 Å². The summed E-state index contributed by atoms with van der Waals surface area (Å²) in [7, 11) is 3.33. The minimum Gasteiger partial charge on any atom is -0.369 e. The molecule has 1 atom stereocenters. The third-order valence-corrected chi connectivity index (χ3v) is 4.64. The second kappa shape index (κ2) is 9.92. The van der Waals surface area contributed by atoms with E-state index in [1.807, 2.05) is 0 Å². The lowest BCUT2D eigenvalue weighted by Gasteiger charge is -2.23. The van der Waals surface area contributed by atoms with Crippen molar-refractivity contribution in [2.24, 2.45) is 4.99 Å². The number of carbonyl (C=O) groups excluding carboxylic acids is 1. The highest BCUT2D eigenvalue weighted by Crippen LogP contribution is 2.33. The normalized spacial score (nSPS) is 16.0. The van der Waals surface area contributed by atoms with Gasteiger partial charge in [0.15, 0.2) is 0 Å². The number of nitrogens with zero attached hydrogens (tertiary/aromatic N) is 2. The highest BCUT2D eigenvalue weighted by Gasteiger charge is 2.33. The van der Waals surface area contributed by atoms with Crippen molar-refractivity contribution in [2.75, 3.05) is 19.4 Å². The van der Waals surface area contributed by atoms with Gasteiger partial charge in [-0.3, -0.25) is 15.1 Å².